The predicted molar refractivity (Wildman–Crippen MR) is 167 cm³/mol. The van der Waals surface area contributed by atoms with Gasteiger partial charge in [-0.25, -0.2) is 0 Å². The van der Waals surface area contributed by atoms with Crippen molar-refractivity contribution in [3.63, 3.8) is 0 Å². The van der Waals surface area contributed by atoms with Crippen LogP contribution in [0.15, 0.2) is 12.2 Å². The quantitative estimate of drug-likeness (QED) is 0.0587. The van der Waals surface area contributed by atoms with E-state index < -0.39 is 17.9 Å². The van der Waals surface area contributed by atoms with Gasteiger partial charge in [0.15, 0.2) is 0 Å². The van der Waals surface area contributed by atoms with Crippen LogP contribution in [0.2, 0.25) is 0 Å². The van der Waals surface area contributed by atoms with Gasteiger partial charge in [-0.1, -0.05) is 135 Å². The molecule has 0 aliphatic rings. The molecule has 0 bridgehead atoms. The molecule has 6 nitrogen and oxygen atoms in total. The van der Waals surface area contributed by atoms with Crippen molar-refractivity contribution >= 4 is 17.9 Å². The maximum atomic E-state index is 10.3. The molecule has 236 valence electrons. The molecule has 0 saturated heterocycles. The topological polar surface area (TPSA) is 112 Å². The highest BCUT2D eigenvalue weighted by Gasteiger charge is 1.99. The molecule has 40 heavy (non-hydrogen) atoms. The molecule has 0 aromatic rings. The van der Waals surface area contributed by atoms with Crippen LogP contribution in [0.3, 0.4) is 0 Å². The predicted octanol–water partition coefficient (Wildman–Crippen LogP) is 10.7. The highest BCUT2D eigenvalue weighted by Crippen LogP contribution is 2.13. The summed E-state index contributed by atoms with van der Waals surface area (Å²) in [5.74, 6) is -2.04. The first-order valence-corrected chi connectivity index (χ1v) is 16.7. The van der Waals surface area contributed by atoms with Crippen LogP contribution >= 0.6 is 0 Å². The summed E-state index contributed by atoms with van der Waals surface area (Å²) in [5.41, 5.74) is 0. The maximum absolute atomic E-state index is 10.3. The molecule has 3 N–H and O–H groups in total. The van der Waals surface area contributed by atoms with Crippen LogP contribution in [-0.2, 0) is 14.4 Å². The Morgan fingerprint density at radius 2 is 0.600 bits per heavy atom. The fourth-order valence-electron chi connectivity index (χ4n) is 4.67. The highest BCUT2D eigenvalue weighted by molar-refractivity contribution is 5.67. The number of hydrogen-bond acceptors (Lipinski definition) is 3. The molecule has 0 amide bonds. The van der Waals surface area contributed by atoms with E-state index in [1.165, 1.54) is 109 Å². The van der Waals surface area contributed by atoms with E-state index in [2.05, 4.69) is 19.1 Å². The molecule has 0 heterocycles. The van der Waals surface area contributed by atoms with Crippen molar-refractivity contribution in [3.05, 3.63) is 12.2 Å². The van der Waals surface area contributed by atoms with E-state index in [-0.39, 0.29) is 0 Å². The number of hydrogen-bond donors (Lipinski definition) is 3. The van der Waals surface area contributed by atoms with Gasteiger partial charge in [-0.15, -0.1) is 0 Å². The van der Waals surface area contributed by atoms with Crippen LogP contribution in [0, 0.1) is 0 Å². The Hall–Kier alpha value is -1.85. The van der Waals surface area contributed by atoms with Crippen molar-refractivity contribution in [2.45, 2.75) is 187 Å². The van der Waals surface area contributed by atoms with Gasteiger partial charge in [-0.05, 0) is 44.9 Å². The summed E-state index contributed by atoms with van der Waals surface area (Å²) in [5, 5.41) is 25.5. The zero-order chi connectivity index (χ0) is 29.9. The molecule has 0 unspecified atom stereocenters. The number of carboxylic acids is 3. The zero-order valence-electron chi connectivity index (χ0n) is 26.0. The minimum Gasteiger partial charge on any atom is -0.481 e. The van der Waals surface area contributed by atoms with E-state index in [1.54, 1.807) is 0 Å². The maximum Gasteiger partial charge on any atom is 0.303 e. The monoisotopic (exact) mass is 568 g/mol. The van der Waals surface area contributed by atoms with Crippen molar-refractivity contribution < 1.29 is 29.7 Å². The summed E-state index contributed by atoms with van der Waals surface area (Å²) in [6.45, 7) is 2.26. The van der Waals surface area contributed by atoms with Gasteiger partial charge in [0.1, 0.15) is 0 Å². The number of carbonyl (C=O) groups is 3. The summed E-state index contributed by atoms with van der Waals surface area (Å²) in [6.07, 6.45) is 35.4. The van der Waals surface area contributed by atoms with Gasteiger partial charge in [0.05, 0.1) is 0 Å². The standard InChI is InChI=1S/C18H34O2.C16H30O4/c1-2-3-4-5-6-7-8-9-10-11-12-13-14-15-16-17-18(19)20;17-15(18)13-11-9-7-5-3-1-2-4-6-8-10-12-14-16(19)20/h9-10H,2-8,11-17H2,1H3,(H,19,20);1-14H2,(H,17,18)(H,19,20)/b10-9+;. The van der Waals surface area contributed by atoms with Gasteiger partial charge in [-0.3, -0.25) is 14.4 Å². The molecule has 0 aromatic heterocycles. The average molecular weight is 569 g/mol. The lowest BCUT2D eigenvalue weighted by Gasteiger charge is -2.02. The smallest absolute Gasteiger partial charge is 0.303 e. The summed E-state index contributed by atoms with van der Waals surface area (Å²) in [7, 11) is 0. The third-order valence-corrected chi connectivity index (χ3v) is 7.18. The Kier molecular flexibility index (Phi) is 35.4. The van der Waals surface area contributed by atoms with Crippen LogP contribution in [0.25, 0.3) is 0 Å². The van der Waals surface area contributed by atoms with Crippen molar-refractivity contribution in [1.29, 1.82) is 0 Å². The second-order valence-corrected chi connectivity index (χ2v) is 11.3. The normalized spacial score (nSPS) is 10.9. The van der Waals surface area contributed by atoms with Gasteiger partial charge >= 0.3 is 17.9 Å². The van der Waals surface area contributed by atoms with E-state index in [0.717, 1.165) is 51.4 Å². The number of aliphatic carboxylic acids is 3. The van der Waals surface area contributed by atoms with Crippen LogP contribution in [-0.4, -0.2) is 33.2 Å². The third-order valence-electron chi connectivity index (χ3n) is 7.18. The first-order valence-electron chi connectivity index (χ1n) is 16.7. The van der Waals surface area contributed by atoms with Gasteiger partial charge in [-0.2, -0.15) is 0 Å². The highest BCUT2D eigenvalue weighted by atomic mass is 16.4. The van der Waals surface area contributed by atoms with Crippen molar-refractivity contribution in [2.75, 3.05) is 0 Å². The Bertz CT molecular complexity index is 561. The summed E-state index contributed by atoms with van der Waals surface area (Å²) in [6, 6.07) is 0. The lowest BCUT2D eigenvalue weighted by Crippen LogP contribution is -1.93. The van der Waals surface area contributed by atoms with Crippen LogP contribution in [0.4, 0.5) is 0 Å². The summed E-state index contributed by atoms with van der Waals surface area (Å²) in [4.78, 5) is 30.9. The molecule has 0 aromatic carbocycles. The molecule has 0 radical (unpaired) electrons. The molecule has 0 rings (SSSR count). The van der Waals surface area contributed by atoms with Gasteiger partial charge in [0, 0.05) is 19.3 Å². The lowest BCUT2D eigenvalue weighted by atomic mass is 10.0. The van der Waals surface area contributed by atoms with E-state index in [9.17, 15) is 14.4 Å². The molecule has 0 spiro atoms. The fourth-order valence-corrected chi connectivity index (χ4v) is 4.67. The van der Waals surface area contributed by atoms with Crippen molar-refractivity contribution in [2.24, 2.45) is 0 Å². The van der Waals surface area contributed by atoms with Crippen LogP contribution in [0.1, 0.15) is 187 Å². The Labute approximate surface area is 246 Å². The first kappa shape index (κ1) is 40.3. The van der Waals surface area contributed by atoms with Crippen LogP contribution in [0.5, 0.6) is 0 Å². The zero-order valence-corrected chi connectivity index (χ0v) is 26.0. The third kappa shape index (κ3) is 43.2. The molecule has 6 heteroatoms. The molecular weight excluding hydrogens is 504 g/mol. The van der Waals surface area contributed by atoms with E-state index in [4.69, 9.17) is 15.3 Å². The second-order valence-electron chi connectivity index (χ2n) is 11.3. The molecule has 0 aliphatic heterocycles. The fraction of sp³-hybridized carbons (Fsp3) is 0.853. The average Bonchev–Trinajstić information content (AvgIpc) is 2.91. The number of carboxylic acid groups (broad SMARTS) is 3. The number of unbranched alkanes of at least 4 members (excludes halogenated alkanes) is 22. The van der Waals surface area contributed by atoms with E-state index >= 15 is 0 Å². The SMILES string of the molecule is CCCCCCCC/C=C/CCCCCCCC(=O)O.O=C(O)CCCCCCCCCCCCCCC(=O)O. The van der Waals surface area contributed by atoms with E-state index in [1.807, 2.05) is 0 Å². The Morgan fingerprint density at radius 1 is 0.375 bits per heavy atom. The number of allylic oxidation sites excluding steroid dienone is 2. The van der Waals surface area contributed by atoms with Crippen molar-refractivity contribution in [1.82, 2.24) is 0 Å². The number of rotatable bonds is 30. The molecule has 0 saturated carbocycles. The first-order chi connectivity index (χ1) is 19.4. The minimum atomic E-state index is -0.687. The van der Waals surface area contributed by atoms with E-state index in [0.29, 0.717) is 19.3 Å². The van der Waals surface area contributed by atoms with Gasteiger partial charge < -0.3 is 15.3 Å². The molecule has 0 aliphatic carbocycles. The molecule has 0 fully saturated rings. The molecular formula is C34H64O6. The lowest BCUT2D eigenvalue weighted by molar-refractivity contribution is -0.138. The summed E-state index contributed by atoms with van der Waals surface area (Å²) < 4.78 is 0. The Balaban J connectivity index is 0. The largest absolute Gasteiger partial charge is 0.481 e. The van der Waals surface area contributed by atoms with Crippen LogP contribution < -0.4 is 0 Å². The van der Waals surface area contributed by atoms with Gasteiger partial charge in [0.2, 0.25) is 0 Å². The minimum absolute atomic E-state index is 0.307. The second kappa shape index (κ2) is 35.2. The Morgan fingerprint density at radius 3 is 0.850 bits per heavy atom. The molecule has 0 atom stereocenters. The van der Waals surface area contributed by atoms with Gasteiger partial charge in [0.25, 0.3) is 0 Å². The summed E-state index contributed by atoms with van der Waals surface area (Å²) >= 11 is 0. The van der Waals surface area contributed by atoms with Crippen molar-refractivity contribution in [3.8, 4) is 0 Å².